The third-order valence-electron chi connectivity index (χ3n) is 2.39. The molecule has 1 aromatic rings. The molecule has 0 bridgehead atoms. The lowest BCUT2D eigenvalue weighted by atomic mass is 10.1. The van der Waals surface area contributed by atoms with Crippen LogP contribution in [0.1, 0.15) is 31.4 Å². The molecule has 1 amide bonds. The standard InChI is InChI=1S/C12H15ClN2O/c1-4-11(16)15-10-6-5-9(8(3)14)12(13)7(10)2/h5-6,14H,4H2,1-3H3,(H,15,16). The lowest BCUT2D eigenvalue weighted by Crippen LogP contribution is -2.11. The van der Waals surface area contributed by atoms with Gasteiger partial charge in [0.25, 0.3) is 0 Å². The van der Waals surface area contributed by atoms with Gasteiger partial charge in [-0.1, -0.05) is 18.5 Å². The second-order valence-corrected chi connectivity index (χ2v) is 4.00. The van der Waals surface area contributed by atoms with Gasteiger partial charge in [-0.2, -0.15) is 0 Å². The van der Waals surface area contributed by atoms with E-state index in [1.807, 2.05) is 6.92 Å². The maximum Gasteiger partial charge on any atom is 0.224 e. The summed E-state index contributed by atoms with van der Waals surface area (Å²) in [6.07, 6.45) is 0.433. The van der Waals surface area contributed by atoms with E-state index in [0.29, 0.717) is 28.4 Å². The van der Waals surface area contributed by atoms with E-state index in [0.717, 1.165) is 5.56 Å². The predicted molar refractivity (Wildman–Crippen MR) is 67.6 cm³/mol. The Morgan fingerprint density at radius 2 is 2.12 bits per heavy atom. The SMILES string of the molecule is CCC(=O)Nc1ccc(C(C)=N)c(Cl)c1C. The highest BCUT2D eigenvalue weighted by Gasteiger charge is 2.10. The second-order valence-electron chi connectivity index (χ2n) is 3.63. The second kappa shape index (κ2) is 5.12. The molecule has 0 saturated heterocycles. The van der Waals surface area contributed by atoms with Crippen molar-refractivity contribution >= 4 is 28.9 Å². The van der Waals surface area contributed by atoms with Gasteiger partial charge in [0.1, 0.15) is 0 Å². The van der Waals surface area contributed by atoms with Gasteiger partial charge in [-0.25, -0.2) is 0 Å². The summed E-state index contributed by atoms with van der Waals surface area (Å²) < 4.78 is 0. The van der Waals surface area contributed by atoms with Gasteiger partial charge in [0.2, 0.25) is 5.91 Å². The van der Waals surface area contributed by atoms with Crippen molar-refractivity contribution in [2.24, 2.45) is 0 Å². The predicted octanol–water partition coefficient (Wildman–Crippen LogP) is 3.38. The van der Waals surface area contributed by atoms with Crippen LogP contribution in [0, 0.1) is 12.3 Å². The van der Waals surface area contributed by atoms with Crippen molar-refractivity contribution in [1.29, 1.82) is 5.41 Å². The molecular formula is C12H15ClN2O. The fourth-order valence-electron chi connectivity index (χ4n) is 1.35. The van der Waals surface area contributed by atoms with Crippen LogP contribution in [0.4, 0.5) is 5.69 Å². The van der Waals surface area contributed by atoms with E-state index in [2.05, 4.69) is 5.32 Å². The molecule has 3 nitrogen and oxygen atoms in total. The molecular weight excluding hydrogens is 224 g/mol. The number of carbonyl (C=O) groups is 1. The van der Waals surface area contributed by atoms with E-state index in [4.69, 9.17) is 17.0 Å². The smallest absolute Gasteiger partial charge is 0.224 e. The van der Waals surface area contributed by atoms with Crippen molar-refractivity contribution in [2.75, 3.05) is 5.32 Å². The molecule has 0 heterocycles. The molecule has 0 aliphatic carbocycles. The van der Waals surface area contributed by atoms with E-state index >= 15 is 0 Å². The van der Waals surface area contributed by atoms with Crippen LogP contribution in [0.25, 0.3) is 0 Å². The normalized spacial score (nSPS) is 10.0. The van der Waals surface area contributed by atoms with Gasteiger partial charge in [0.15, 0.2) is 0 Å². The summed E-state index contributed by atoms with van der Waals surface area (Å²) in [6, 6.07) is 3.53. The third kappa shape index (κ3) is 2.61. The van der Waals surface area contributed by atoms with Crippen LogP contribution < -0.4 is 5.32 Å². The first-order valence-corrected chi connectivity index (χ1v) is 5.49. The van der Waals surface area contributed by atoms with E-state index < -0.39 is 0 Å². The van der Waals surface area contributed by atoms with Gasteiger partial charge in [-0.3, -0.25) is 4.79 Å². The molecule has 16 heavy (non-hydrogen) atoms. The zero-order valence-corrected chi connectivity index (χ0v) is 10.4. The van der Waals surface area contributed by atoms with Crippen molar-refractivity contribution in [3.63, 3.8) is 0 Å². The number of rotatable bonds is 3. The first-order valence-electron chi connectivity index (χ1n) is 5.11. The molecule has 0 aliphatic rings. The highest BCUT2D eigenvalue weighted by atomic mass is 35.5. The molecule has 0 spiro atoms. The number of benzene rings is 1. The fraction of sp³-hybridized carbons (Fsp3) is 0.333. The van der Waals surface area contributed by atoms with Crippen LogP contribution in [0.3, 0.4) is 0 Å². The summed E-state index contributed by atoms with van der Waals surface area (Å²) in [7, 11) is 0. The van der Waals surface area contributed by atoms with Crippen molar-refractivity contribution in [3.8, 4) is 0 Å². The molecule has 0 radical (unpaired) electrons. The Hall–Kier alpha value is -1.35. The Labute approximate surface area is 100 Å². The molecule has 1 aromatic carbocycles. The van der Waals surface area contributed by atoms with Gasteiger partial charge in [-0.15, -0.1) is 0 Å². The lowest BCUT2D eigenvalue weighted by molar-refractivity contribution is -0.115. The van der Waals surface area contributed by atoms with E-state index in [1.54, 1.807) is 26.0 Å². The summed E-state index contributed by atoms with van der Waals surface area (Å²) in [5.74, 6) is -0.0431. The van der Waals surface area contributed by atoms with Crippen LogP contribution in [0.2, 0.25) is 5.02 Å². The van der Waals surface area contributed by atoms with Gasteiger partial charge in [-0.05, 0) is 31.5 Å². The highest BCUT2D eigenvalue weighted by molar-refractivity contribution is 6.35. The van der Waals surface area contributed by atoms with Gasteiger partial charge >= 0.3 is 0 Å². The van der Waals surface area contributed by atoms with Crippen LogP contribution in [0.5, 0.6) is 0 Å². The molecule has 1 rings (SSSR count). The Morgan fingerprint density at radius 3 is 2.62 bits per heavy atom. The first-order chi connectivity index (χ1) is 7.47. The lowest BCUT2D eigenvalue weighted by Gasteiger charge is -2.11. The van der Waals surface area contributed by atoms with Crippen LogP contribution >= 0.6 is 11.6 Å². The maximum atomic E-state index is 11.3. The van der Waals surface area contributed by atoms with Gasteiger partial charge in [0.05, 0.1) is 5.02 Å². The minimum absolute atomic E-state index is 0.0431. The Kier molecular flexibility index (Phi) is 4.07. The third-order valence-corrected chi connectivity index (χ3v) is 2.87. The van der Waals surface area contributed by atoms with E-state index in [1.165, 1.54) is 0 Å². The van der Waals surface area contributed by atoms with Crippen molar-refractivity contribution < 1.29 is 4.79 Å². The van der Waals surface area contributed by atoms with E-state index in [9.17, 15) is 4.79 Å². The van der Waals surface area contributed by atoms with Crippen molar-refractivity contribution in [3.05, 3.63) is 28.3 Å². The summed E-state index contributed by atoms with van der Waals surface area (Å²) >= 11 is 6.13. The highest BCUT2D eigenvalue weighted by Crippen LogP contribution is 2.27. The molecule has 4 heteroatoms. The zero-order chi connectivity index (χ0) is 12.3. The summed E-state index contributed by atoms with van der Waals surface area (Å²) in [5, 5.41) is 10.9. The number of carbonyl (C=O) groups excluding carboxylic acids is 1. The Morgan fingerprint density at radius 1 is 1.50 bits per heavy atom. The van der Waals surface area contributed by atoms with Gasteiger partial charge < -0.3 is 10.7 Å². The molecule has 0 atom stereocenters. The first kappa shape index (κ1) is 12.7. The number of halogens is 1. The largest absolute Gasteiger partial charge is 0.326 e. The Balaban J connectivity index is 3.12. The molecule has 0 fully saturated rings. The minimum atomic E-state index is -0.0431. The van der Waals surface area contributed by atoms with E-state index in [-0.39, 0.29) is 5.91 Å². The van der Waals surface area contributed by atoms with Crippen LogP contribution in [-0.2, 0) is 4.79 Å². The van der Waals surface area contributed by atoms with Crippen molar-refractivity contribution in [2.45, 2.75) is 27.2 Å². The maximum absolute atomic E-state index is 11.3. The summed E-state index contributed by atoms with van der Waals surface area (Å²) in [4.78, 5) is 11.3. The molecule has 0 aromatic heterocycles. The zero-order valence-electron chi connectivity index (χ0n) is 9.65. The molecule has 2 N–H and O–H groups in total. The quantitative estimate of drug-likeness (QED) is 0.780. The number of amides is 1. The summed E-state index contributed by atoms with van der Waals surface area (Å²) in [5.41, 5.74) is 2.63. The monoisotopic (exact) mass is 238 g/mol. The Bertz CT molecular complexity index is 441. The molecule has 0 aliphatic heterocycles. The fourth-order valence-corrected chi connectivity index (χ4v) is 1.66. The summed E-state index contributed by atoms with van der Waals surface area (Å²) in [6.45, 7) is 5.31. The van der Waals surface area contributed by atoms with Gasteiger partial charge in [0, 0.05) is 23.4 Å². The molecule has 0 saturated carbocycles. The average Bonchev–Trinajstić information content (AvgIpc) is 2.24. The molecule has 86 valence electrons. The topological polar surface area (TPSA) is 53.0 Å². The van der Waals surface area contributed by atoms with Crippen LogP contribution in [0.15, 0.2) is 12.1 Å². The number of anilines is 1. The van der Waals surface area contributed by atoms with Crippen LogP contribution in [-0.4, -0.2) is 11.6 Å². The number of nitrogens with one attached hydrogen (secondary N) is 2. The number of hydrogen-bond donors (Lipinski definition) is 2. The number of hydrogen-bond acceptors (Lipinski definition) is 2. The minimum Gasteiger partial charge on any atom is -0.326 e. The van der Waals surface area contributed by atoms with Crippen molar-refractivity contribution in [1.82, 2.24) is 0 Å². The molecule has 0 unspecified atom stereocenters. The average molecular weight is 239 g/mol.